The van der Waals surface area contributed by atoms with Crippen molar-refractivity contribution in [2.45, 2.75) is 20.3 Å². The van der Waals surface area contributed by atoms with E-state index in [4.69, 9.17) is 0 Å². The predicted molar refractivity (Wildman–Crippen MR) is 244 cm³/mol. The number of hydrogen-bond acceptors (Lipinski definition) is 1. The second kappa shape index (κ2) is 18.9. The Labute approximate surface area is 338 Å². The van der Waals surface area contributed by atoms with Gasteiger partial charge in [-0.3, -0.25) is 0 Å². The summed E-state index contributed by atoms with van der Waals surface area (Å²) >= 11 is 0. The number of rotatable bonds is 12. The van der Waals surface area contributed by atoms with Crippen LogP contribution in [-0.4, -0.2) is 0 Å². The normalized spacial score (nSPS) is 12.4. The molecular weight excluding hydrogens is 687 g/mol. The summed E-state index contributed by atoms with van der Waals surface area (Å²) in [4.78, 5) is 0. The van der Waals surface area contributed by atoms with Crippen LogP contribution in [0.3, 0.4) is 0 Å². The lowest BCUT2D eigenvalue weighted by molar-refractivity contribution is 1.27. The molecule has 7 rings (SSSR count). The molecule has 0 fully saturated rings. The number of nitriles is 1. The Balaban J connectivity index is 1.37. The quantitative estimate of drug-likeness (QED) is 0.115. The summed E-state index contributed by atoms with van der Waals surface area (Å²) in [6.07, 6.45) is 14.0. The van der Waals surface area contributed by atoms with E-state index in [0.717, 1.165) is 73.2 Å². The molecule has 0 unspecified atom stereocenters. The van der Waals surface area contributed by atoms with E-state index in [9.17, 15) is 5.26 Å². The fourth-order valence-electron chi connectivity index (χ4n) is 7.10. The summed E-state index contributed by atoms with van der Waals surface area (Å²) in [5, 5.41) is 10.9. The molecule has 0 saturated heterocycles. The third-order valence-electron chi connectivity index (χ3n) is 10.2. The zero-order chi connectivity index (χ0) is 39.2. The van der Waals surface area contributed by atoms with Gasteiger partial charge in [0.15, 0.2) is 0 Å². The van der Waals surface area contributed by atoms with Crippen LogP contribution in [0, 0.1) is 11.3 Å². The Morgan fingerprint density at radius 3 is 1.53 bits per heavy atom. The minimum Gasteiger partial charge on any atom is -0.192 e. The first-order valence-corrected chi connectivity index (χ1v) is 19.5. The van der Waals surface area contributed by atoms with Gasteiger partial charge in [0, 0.05) is 0 Å². The predicted octanol–water partition coefficient (Wildman–Crippen LogP) is 14.8. The molecule has 1 heteroatoms. The Bertz CT molecular complexity index is 2600. The van der Waals surface area contributed by atoms with E-state index in [1.54, 1.807) is 0 Å². The molecule has 7 aromatic carbocycles. The van der Waals surface area contributed by atoms with Crippen molar-refractivity contribution >= 4 is 28.4 Å². The monoisotopic (exact) mass is 731 g/mol. The second-order valence-electron chi connectivity index (χ2n) is 14.0. The molecule has 0 aromatic heterocycles. The lowest BCUT2D eigenvalue weighted by atomic mass is 9.89. The average Bonchev–Trinajstić information content (AvgIpc) is 3.29. The van der Waals surface area contributed by atoms with E-state index in [1.165, 1.54) is 11.1 Å². The Morgan fingerprint density at radius 2 is 0.982 bits per heavy atom. The zero-order valence-corrected chi connectivity index (χ0v) is 32.5. The second-order valence-corrected chi connectivity index (χ2v) is 14.0. The molecule has 0 heterocycles. The standard InChI is InChI=1S/C56H45N/c1-3-44(45-21-11-5-12-22-45)38-52(48-27-17-8-18-28-48)35-36-53-39-54(50-33-31-49(32-34-50)46-23-13-6-14-24-46)40-55(56(53)41-57)42(2)37-51(47-25-15-7-16-26-47)30-29-43-19-9-4-10-20-43/h3-28,30-40H,29H2,1-2H3/b36-35+,42-37+,44-3+,51-30+,52-38+. The topological polar surface area (TPSA) is 23.8 Å². The van der Waals surface area contributed by atoms with Crippen molar-refractivity contribution in [3.8, 4) is 28.3 Å². The van der Waals surface area contributed by atoms with Gasteiger partial charge in [0.25, 0.3) is 0 Å². The van der Waals surface area contributed by atoms with Gasteiger partial charge in [0.05, 0.1) is 5.56 Å². The molecule has 0 aliphatic rings. The summed E-state index contributed by atoms with van der Waals surface area (Å²) in [6.45, 7) is 4.20. The maximum Gasteiger partial charge on any atom is 0.100 e. The van der Waals surface area contributed by atoms with Crippen LogP contribution in [0.4, 0.5) is 0 Å². The molecular formula is C56H45N. The molecule has 0 radical (unpaired) electrons. The first-order chi connectivity index (χ1) is 28.1. The summed E-state index contributed by atoms with van der Waals surface area (Å²) in [5.41, 5.74) is 15.8. The van der Waals surface area contributed by atoms with E-state index >= 15 is 0 Å². The molecule has 0 spiro atoms. The van der Waals surface area contributed by atoms with Gasteiger partial charge in [-0.15, -0.1) is 0 Å². The third kappa shape index (κ3) is 9.70. The lowest BCUT2D eigenvalue weighted by Gasteiger charge is -2.14. The van der Waals surface area contributed by atoms with Crippen LogP contribution in [0.1, 0.15) is 52.8 Å². The number of nitrogens with zero attached hydrogens (tertiary/aromatic N) is 1. The van der Waals surface area contributed by atoms with Gasteiger partial charge in [0.2, 0.25) is 0 Å². The summed E-state index contributed by atoms with van der Waals surface area (Å²) < 4.78 is 0. The van der Waals surface area contributed by atoms with E-state index in [1.807, 2.05) is 30.3 Å². The first-order valence-electron chi connectivity index (χ1n) is 19.5. The molecule has 0 aliphatic carbocycles. The van der Waals surface area contributed by atoms with Gasteiger partial charge < -0.3 is 0 Å². The van der Waals surface area contributed by atoms with Crippen LogP contribution in [0.25, 0.3) is 50.6 Å². The number of benzene rings is 7. The zero-order valence-electron chi connectivity index (χ0n) is 32.5. The van der Waals surface area contributed by atoms with Gasteiger partial charge in [-0.1, -0.05) is 206 Å². The molecule has 7 aromatic rings. The fourth-order valence-corrected chi connectivity index (χ4v) is 7.10. The van der Waals surface area contributed by atoms with E-state index < -0.39 is 0 Å². The summed E-state index contributed by atoms with van der Waals surface area (Å²) in [6, 6.07) is 68.1. The lowest BCUT2D eigenvalue weighted by Crippen LogP contribution is -1.95. The minimum absolute atomic E-state index is 0.641. The number of hydrogen-bond donors (Lipinski definition) is 0. The SMILES string of the molecule is C\C=C(/C=C(\C=C\c1cc(-c2ccc(-c3ccccc3)cc2)cc(/C(C)=C/C(=C\Cc2ccccc2)c2ccccc2)c1C#N)c1ccccc1)c1ccccc1. The molecule has 0 atom stereocenters. The van der Waals surface area contributed by atoms with Crippen LogP contribution in [0.5, 0.6) is 0 Å². The number of allylic oxidation sites excluding steroid dienone is 9. The molecule has 0 bridgehead atoms. The fraction of sp³-hybridized carbons (Fsp3) is 0.0536. The molecule has 0 amide bonds. The molecule has 0 saturated carbocycles. The maximum atomic E-state index is 10.9. The molecule has 0 N–H and O–H groups in total. The van der Waals surface area contributed by atoms with Crippen molar-refractivity contribution < 1.29 is 0 Å². The van der Waals surface area contributed by atoms with Crippen LogP contribution in [-0.2, 0) is 6.42 Å². The van der Waals surface area contributed by atoms with Crippen LogP contribution < -0.4 is 0 Å². The van der Waals surface area contributed by atoms with Gasteiger partial charge in [-0.25, -0.2) is 0 Å². The van der Waals surface area contributed by atoms with Crippen molar-refractivity contribution in [3.05, 3.63) is 257 Å². The molecule has 274 valence electrons. The highest BCUT2D eigenvalue weighted by Crippen LogP contribution is 2.34. The highest BCUT2D eigenvalue weighted by molar-refractivity contribution is 5.92. The van der Waals surface area contributed by atoms with Crippen molar-refractivity contribution in [3.63, 3.8) is 0 Å². The van der Waals surface area contributed by atoms with Crippen LogP contribution in [0.2, 0.25) is 0 Å². The largest absolute Gasteiger partial charge is 0.192 e. The first kappa shape index (κ1) is 38.0. The molecule has 57 heavy (non-hydrogen) atoms. The summed E-state index contributed by atoms with van der Waals surface area (Å²) in [7, 11) is 0. The van der Waals surface area contributed by atoms with E-state index in [-0.39, 0.29) is 0 Å². The van der Waals surface area contributed by atoms with Crippen molar-refractivity contribution in [1.82, 2.24) is 0 Å². The highest BCUT2D eigenvalue weighted by Gasteiger charge is 2.14. The third-order valence-corrected chi connectivity index (χ3v) is 10.2. The Kier molecular flexibility index (Phi) is 12.6. The van der Waals surface area contributed by atoms with Gasteiger partial charge in [-0.2, -0.15) is 5.26 Å². The van der Waals surface area contributed by atoms with Crippen LogP contribution >= 0.6 is 0 Å². The Morgan fingerprint density at radius 1 is 0.509 bits per heavy atom. The smallest absolute Gasteiger partial charge is 0.100 e. The van der Waals surface area contributed by atoms with Crippen molar-refractivity contribution in [2.24, 2.45) is 0 Å². The molecule has 0 aliphatic heterocycles. The summed E-state index contributed by atoms with van der Waals surface area (Å²) in [5.74, 6) is 0. The van der Waals surface area contributed by atoms with Crippen LogP contribution in [0.15, 0.2) is 218 Å². The van der Waals surface area contributed by atoms with Gasteiger partial charge >= 0.3 is 0 Å². The van der Waals surface area contributed by atoms with Crippen molar-refractivity contribution in [1.29, 1.82) is 5.26 Å². The van der Waals surface area contributed by atoms with Crippen molar-refractivity contribution in [2.75, 3.05) is 0 Å². The van der Waals surface area contributed by atoms with E-state index in [0.29, 0.717) is 5.56 Å². The maximum absolute atomic E-state index is 10.9. The van der Waals surface area contributed by atoms with Gasteiger partial charge in [-0.05, 0) is 116 Å². The highest BCUT2D eigenvalue weighted by atomic mass is 14.3. The van der Waals surface area contributed by atoms with E-state index in [2.05, 4.69) is 214 Å². The average molecular weight is 732 g/mol. The Hall–Kier alpha value is -7.27. The molecule has 1 nitrogen and oxygen atoms in total. The minimum atomic E-state index is 0.641. The van der Waals surface area contributed by atoms with Gasteiger partial charge in [0.1, 0.15) is 6.07 Å².